The van der Waals surface area contributed by atoms with E-state index in [1.807, 2.05) is 17.5 Å². The molecule has 1 N–H and O–H groups in total. The summed E-state index contributed by atoms with van der Waals surface area (Å²) in [5, 5.41) is 6.78. The molecule has 0 aromatic carbocycles. The molecule has 0 aliphatic carbocycles. The fourth-order valence-corrected chi connectivity index (χ4v) is 3.19. The number of hydrogen-bond donors (Lipinski definition) is 1. The van der Waals surface area contributed by atoms with Gasteiger partial charge in [-0.15, -0.1) is 22.7 Å². The van der Waals surface area contributed by atoms with Crippen LogP contribution >= 0.6 is 22.7 Å². The van der Waals surface area contributed by atoms with E-state index in [0.29, 0.717) is 0 Å². The van der Waals surface area contributed by atoms with Gasteiger partial charge in [-0.2, -0.15) is 0 Å². The van der Waals surface area contributed by atoms with Gasteiger partial charge in [-0.3, -0.25) is 0 Å². The smallest absolute Gasteiger partial charge is 0.0896 e. The molecule has 0 fully saturated rings. The van der Waals surface area contributed by atoms with Crippen molar-refractivity contribution in [2.24, 2.45) is 0 Å². The fraction of sp³-hybridized carbons (Fsp3) is 0.417. The molecule has 2 nitrogen and oxygen atoms in total. The van der Waals surface area contributed by atoms with Crippen molar-refractivity contribution in [3.05, 3.63) is 38.0 Å². The summed E-state index contributed by atoms with van der Waals surface area (Å²) in [6.07, 6.45) is 3.06. The minimum Gasteiger partial charge on any atom is -0.311 e. The summed E-state index contributed by atoms with van der Waals surface area (Å²) < 4.78 is 0. The predicted octanol–water partition coefficient (Wildman–Crippen LogP) is 3.15. The molecular weight excluding hydrogens is 236 g/mol. The summed E-state index contributed by atoms with van der Waals surface area (Å²) in [7, 11) is 0. The summed E-state index contributed by atoms with van der Waals surface area (Å²) in [6.45, 7) is 6.23. The van der Waals surface area contributed by atoms with Crippen LogP contribution in [0.2, 0.25) is 0 Å². The first-order valence-corrected chi connectivity index (χ1v) is 7.10. The second kappa shape index (κ2) is 5.57. The van der Waals surface area contributed by atoms with E-state index in [4.69, 9.17) is 0 Å². The number of thiazole rings is 1. The zero-order chi connectivity index (χ0) is 11.4. The highest BCUT2D eigenvalue weighted by Crippen LogP contribution is 2.15. The van der Waals surface area contributed by atoms with Crippen molar-refractivity contribution in [3.8, 4) is 0 Å². The number of thiophene rings is 1. The van der Waals surface area contributed by atoms with Gasteiger partial charge in [0.1, 0.15) is 0 Å². The third-order valence-electron chi connectivity index (χ3n) is 2.47. The summed E-state index contributed by atoms with van der Waals surface area (Å²) in [4.78, 5) is 7.07. The number of hydrogen-bond acceptors (Lipinski definition) is 4. The molecule has 0 saturated heterocycles. The molecule has 0 bridgehead atoms. The van der Waals surface area contributed by atoms with Gasteiger partial charge in [0, 0.05) is 29.0 Å². The summed E-state index contributed by atoms with van der Waals surface area (Å²) in [6, 6.07) is 2.17. The van der Waals surface area contributed by atoms with Crippen molar-refractivity contribution in [3.63, 3.8) is 0 Å². The Morgan fingerprint density at radius 2 is 2.25 bits per heavy atom. The maximum absolute atomic E-state index is 4.25. The normalized spacial score (nSPS) is 10.9. The lowest BCUT2D eigenvalue weighted by atomic mass is 10.3. The van der Waals surface area contributed by atoms with Crippen molar-refractivity contribution < 1.29 is 0 Å². The van der Waals surface area contributed by atoms with Crippen LogP contribution < -0.4 is 5.32 Å². The Hall–Kier alpha value is -0.710. The maximum atomic E-state index is 4.25. The topological polar surface area (TPSA) is 24.9 Å². The largest absolute Gasteiger partial charge is 0.311 e. The summed E-state index contributed by atoms with van der Waals surface area (Å²) in [5.41, 5.74) is 1.39. The van der Waals surface area contributed by atoms with Crippen LogP contribution in [0.5, 0.6) is 0 Å². The average molecular weight is 252 g/mol. The van der Waals surface area contributed by atoms with Crippen LogP contribution in [-0.4, -0.2) is 11.5 Å². The van der Waals surface area contributed by atoms with Gasteiger partial charge >= 0.3 is 0 Å². The fourth-order valence-electron chi connectivity index (χ4n) is 1.52. The van der Waals surface area contributed by atoms with Crippen LogP contribution in [0.3, 0.4) is 0 Å². The van der Waals surface area contributed by atoms with Gasteiger partial charge in [0.05, 0.1) is 5.01 Å². The van der Waals surface area contributed by atoms with Gasteiger partial charge in [0.15, 0.2) is 0 Å². The molecule has 0 atom stereocenters. The molecule has 0 spiro atoms. The molecule has 2 heterocycles. The molecule has 2 rings (SSSR count). The molecule has 0 saturated carbocycles. The van der Waals surface area contributed by atoms with Gasteiger partial charge in [0.2, 0.25) is 0 Å². The van der Waals surface area contributed by atoms with Gasteiger partial charge in [0.25, 0.3) is 0 Å². The Morgan fingerprint density at radius 1 is 1.38 bits per heavy atom. The highest BCUT2D eigenvalue weighted by atomic mass is 32.1. The van der Waals surface area contributed by atoms with E-state index >= 15 is 0 Å². The van der Waals surface area contributed by atoms with Crippen molar-refractivity contribution in [1.82, 2.24) is 10.3 Å². The van der Waals surface area contributed by atoms with Crippen LogP contribution in [0.15, 0.2) is 17.6 Å². The minimum atomic E-state index is 0.987. The van der Waals surface area contributed by atoms with Gasteiger partial charge in [-0.25, -0.2) is 4.98 Å². The second-order valence-corrected chi connectivity index (χ2v) is 6.12. The molecule has 2 aromatic rings. The lowest BCUT2D eigenvalue weighted by Crippen LogP contribution is -2.15. The third kappa shape index (κ3) is 3.14. The first-order valence-electron chi connectivity index (χ1n) is 5.40. The van der Waals surface area contributed by atoms with E-state index in [0.717, 1.165) is 24.5 Å². The van der Waals surface area contributed by atoms with E-state index < -0.39 is 0 Å². The molecule has 0 amide bonds. The highest BCUT2D eigenvalue weighted by Gasteiger charge is 2.00. The zero-order valence-electron chi connectivity index (χ0n) is 9.62. The molecule has 4 heteroatoms. The van der Waals surface area contributed by atoms with Crippen molar-refractivity contribution in [1.29, 1.82) is 0 Å². The molecule has 0 aliphatic rings. The molecule has 0 aliphatic heterocycles. The molecule has 0 radical (unpaired) electrons. The maximum Gasteiger partial charge on any atom is 0.0896 e. The number of aromatic nitrogens is 1. The van der Waals surface area contributed by atoms with Crippen LogP contribution in [0.4, 0.5) is 0 Å². The number of nitrogens with zero attached hydrogens (tertiary/aromatic N) is 1. The summed E-state index contributed by atoms with van der Waals surface area (Å²) >= 11 is 3.62. The van der Waals surface area contributed by atoms with Gasteiger partial charge in [-0.05, 0) is 37.3 Å². The van der Waals surface area contributed by atoms with E-state index in [1.165, 1.54) is 15.3 Å². The molecule has 16 heavy (non-hydrogen) atoms. The SMILES string of the molecule is Cc1ncc(CCNCc2sccc2C)s1. The molecular formula is C12H16N2S2. The van der Waals surface area contributed by atoms with E-state index in [-0.39, 0.29) is 0 Å². The summed E-state index contributed by atoms with van der Waals surface area (Å²) in [5.74, 6) is 0. The van der Waals surface area contributed by atoms with Crippen LogP contribution in [-0.2, 0) is 13.0 Å². The predicted molar refractivity (Wildman–Crippen MR) is 71.3 cm³/mol. The first kappa shape index (κ1) is 11.8. The number of aryl methyl sites for hydroxylation is 2. The standard InChI is InChI=1S/C12H16N2S2/c1-9-4-6-15-12(9)8-13-5-3-11-7-14-10(2)16-11/h4,6-7,13H,3,5,8H2,1-2H3. The Labute approximate surface area is 104 Å². The molecule has 86 valence electrons. The Morgan fingerprint density at radius 3 is 2.88 bits per heavy atom. The van der Waals surface area contributed by atoms with E-state index in [9.17, 15) is 0 Å². The Balaban J connectivity index is 1.71. The quantitative estimate of drug-likeness (QED) is 0.827. The highest BCUT2D eigenvalue weighted by molar-refractivity contribution is 7.11. The zero-order valence-corrected chi connectivity index (χ0v) is 11.3. The monoisotopic (exact) mass is 252 g/mol. The van der Waals surface area contributed by atoms with Crippen molar-refractivity contribution in [2.45, 2.75) is 26.8 Å². The lowest BCUT2D eigenvalue weighted by molar-refractivity contribution is 0.695. The number of rotatable bonds is 5. The Kier molecular flexibility index (Phi) is 4.09. The third-order valence-corrected chi connectivity index (χ3v) is 4.47. The van der Waals surface area contributed by atoms with Crippen LogP contribution in [0.1, 0.15) is 20.3 Å². The van der Waals surface area contributed by atoms with Crippen molar-refractivity contribution >= 4 is 22.7 Å². The van der Waals surface area contributed by atoms with Crippen LogP contribution in [0.25, 0.3) is 0 Å². The average Bonchev–Trinajstić information content (AvgIpc) is 2.83. The van der Waals surface area contributed by atoms with Gasteiger partial charge < -0.3 is 5.32 Å². The minimum absolute atomic E-state index is 0.987. The van der Waals surface area contributed by atoms with Gasteiger partial charge in [-0.1, -0.05) is 0 Å². The molecule has 0 unspecified atom stereocenters. The molecule has 2 aromatic heterocycles. The van der Waals surface area contributed by atoms with Crippen LogP contribution in [0, 0.1) is 13.8 Å². The van der Waals surface area contributed by atoms with E-state index in [2.05, 4.69) is 35.6 Å². The second-order valence-electron chi connectivity index (χ2n) is 3.80. The lowest BCUT2D eigenvalue weighted by Gasteiger charge is -2.02. The van der Waals surface area contributed by atoms with E-state index in [1.54, 1.807) is 11.3 Å². The first-order chi connectivity index (χ1) is 7.75. The Bertz CT molecular complexity index is 445. The van der Waals surface area contributed by atoms with Crippen molar-refractivity contribution in [2.75, 3.05) is 6.54 Å². The number of nitrogens with one attached hydrogen (secondary N) is 1.